The number of carbonyl (C=O) groups is 2. The zero-order valence-electron chi connectivity index (χ0n) is 17.1. The summed E-state index contributed by atoms with van der Waals surface area (Å²) in [7, 11) is 0. The number of benzene rings is 1. The number of anilines is 1. The van der Waals surface area contributed by atoms with Crippen LogP contribution in [0.5, 0.6) is 0 Å². The van der Waals surface area contributed by atoms with E-state index >= 15 is 0 Å². The summed E-state index contributed by atoms with van der Waals surface area (Å²) < 4.78 is 5.81. The standard InChI is InChI=1S/C22H28ClN3O3/c1-3-24-9-7-22(8-10-24)19(16(2)21(28)29-22)20(27)26-13-11-25(12-14-26)18-6-4-5-17(23)15-18/h4-6,15H,3,7-14H2,1-2H3. The highest BCUT2D eigenvalue weighted by Crippen LogP contribution is 2.42. The number of ether oxygens (including phenoxy) is 1. The number of halogens is 1. The number of hydrogen-bond acceptors (Lipinski definition) is 5. The average Bonchev–Trinajstić information content (AvgIpc) is 2.97. The van der Waals surface area contributed by atoms with Gasteiger partial charge in [0.05, 0.1) is 5.57 Å². The van der Waals surface area contributed by atoms with Crippen molar-refractivity contribution < 1.29 is 14.3 Å². The number of hydrogen-bond donors (Lipinski definition) is 0. The van der Waals surface area contributed by atoms with E-state index in [4.69, 9.17) is 16.3 Å². The molecule has 0 saturated carbocycles. The molecule has 4 rings (SSSR count). The van der Waals surface area contributed by atoms with Crippen molar-refractivity contribution >= 4 is 29.2 Å². The minimum absolute atomic E-state index is 0.0379. The molecule has 3 heterocycles. The summed E-state index contributed by atoms with van der Waals surface area (Å²) >= 11 is 6.12. The molecule has 1 aromatic carbocycles. The third kappa shape index (κ3) is 3.76. The van der Waals surface area contributed by atoms with Crippen molar-refractivity contribution in [3.63, 3.8) is 0 Å². The molecule has 0 bridgehead atoms. The molecule has 29 heavy (non-hydrogen) atoms. The van der Waals surface area contributed by atoms with Gasteiger partial charge in [0.25, 0.3) is 5.91 Å². The second-order valence-corrected chi connectivity index (χ2v) is 8.51. The van der Waals surface area contributed by atoms with Gasteiger partial charge in [-0.2, -0.15) is 0 Å². The predicted molar refractivity (Wildman–Crippen MR) is 113 cm³/mol. The van der Waals surface area contributed by atoms with Crippen molar-refractivity contribution in [3.8, 4) is 0 Å². The minimum Gasteiger partial charge on any atom is -0.450 e. The fourth-order valence-corrected chi connectivity index (χ4v) is 4.87. The second-order valence-electron chi connectivity index (χ2n) is 8.08. The molecule has 0 atom stereocenters. The number of likely N-dealkylation sites (tertiary alicyclic amines) is 1. The number of nitrogens with zero attached hydrogens (tertiary/aromatic N) is 3. The molecule has 0 N–H and O–H groups in total. The first-order valence-corrected chi connectivity index (χ1v) is 10.8. The van der Waals surface area contributed by atoms with Gasteiger partial charge in [-0.25, -0.2) is 4.79 Å². The van der Waals surface area contributed by atoms with E-state index < -0.39 is 5.60 Å². The number of rotatable bonds is 3. The summed E-state index contributed by atoms with van der Waals surface area (Å²) in [4.78, 5) is 32.3. The molecular formula is C22H28ClN3O3. The normalized spacial score (nSPS) is 22.4. The Labute approximate surface area is 177 Å². The highest BCUT2D eigenvalue weighted by Gasteiger charge is 2.51. The number of piperazine rings is 1. The van der Waals surface area contributed by atoms with Gasteiger partial charge >= 0.3 is 5.97 Å². The molecule has 0 unspecified atom stereocenters. The van der Waals surface area contributed by atoms with Gasteiger partial charge in [0, 0.05) is 68.4 Å². The number of piperidine rings is 1. The summed E-state index contributed by atoms with van der Waals surface area (Å²) in [6, 6.07) is 7.79. The van der Waals surface area contributed by atoms with Gasteiger partial charge in [-0.15, -0.1) is 0 Å². The van der Waals surface area contributed by atoms with E-state index in [0.717, 1.165) is 38.4 Å². The molecule has 1 amide bonds. The van der Waals surface area contributed by atoms with Crippen LogP contribution in [0, 0.1) is 0 Å². The Hall–Kier alpha value is -2.05. The van der Waals surface area contributed by atoms with Gasteiger partial charge < -0.3 is 19.4 Å². The Bertz CT molecular complexity index is 837. The van der Waals surface area contributed by atoms with Gasteiger partial charge in [0.15, 0.2) is 0 Å². The highest BCUT2D eigenvalue weighted by atomic mass is 35.5. The summed E-state index contributed by atoms with van der Waals surface area (Å²) in [6.45, 7) is 9.24. The van der Waals surface area contributed by atoms with E-state index in [2.05, 4.69) is 16.7 Å². The van der Waals surface area contributed by atoms with Crippen LogP contribution in [0.2, 0.25) is 5.02 Å². The van der Waals surface area contributed by atoms with Crippen LogP contribution in [-0.2, 0) is 14.3 Å². The van der Waals surface area contributed by atoms with Crippen molar-refractivity contribution in [1.29, 1.82) is 0 Å². The van der Waals surface area contributed by atoms with Crippen LogP contribution in [0.3, 0.4) is 0 Å². The maximum Gasteiger partial charge on any atom is 0.335 e. The first-order valence-electron chi connectivity index (χ1n) is 10.4. The molecule has 0 aliphatic carbocycles. The van der Waals surface area contributed by atoms with E-state index in [1.54, 1.807) is 6.92 Å². The molecule has 3 aliphatic rings. The lowest BCUT2D eigenvalue weighted by Gasteiger charge is -2.41. The third-order valence-electron chi connectivity index (χ3n) is 6.49. The molecule has 0 radical (unpaired) electrons. The number of esters is 1. The molecule has 2 fully saturated rings. The summed E-state index contributed by atoms with van der Waals surface area (Å²) in [5, 5.41) is 0.712. The van der Waals surface area contributed by atoms with Crippen LogP contribution in [-0.4, -0.2) is 73.1 Å². The van der Waals surface area contributed by atoms with Crippen LogP contribution >= 0.6 is 11.6 Å². The summed E-state index contributed by atoms with van der Waals surface area (Å²) in [5.41, 5.74) is 1.41. The molecule has 3 aliphatic heterocycles. The van der Waals surface area contributed by atoms with Gasteiger partial charge in [-0.1, -0.05) is 24.6 Å². The Morgan fingerprint density at radius 3 is 2.45 bits per heavy atom. The molecular weight excluding hydrogens is 390 g/mol. The number of amides is 1. The Morgan fingerprint density at radius 2 is 1.83 bits per heavy atom. The van der Waals surface area contributed by atoms with Crippen LogP contribution in [0.25, 0.3) is 0 Å². The first-order chi connectivity index (χ1) is 13.9. The quantitative estimate of drug-likeness (QED) is 0.708. The average molecular weight is 418 g/mol. The monoisotopic (exact) mass is 417 g/mol. The minimum atomic E-state index is -0.742. The second kappa shape index (κ2) is 8.00. The highest BCUT2D eigenvalue weighted by molar-refractivity contribution is 6.30. The molecule has 2 saturated heterocycles. The molecule has 0 aromatic heterocycles. The van der Waals surface area contributed by atoms with Crippen molar-refractivity contribution in [1.82, 2.24) is 9.80 Å². The van der Waals surface area contributed by atoms with Crippen LogP contribution in [0.1, 0.15) is 26.7 Å². The van der Waals surface area contributed by atoms with Gasteiger partial charge in [-0.05, 0) is 31.7 Å². The topological polar surface area (TPSA) is 53.1 Å². The van der Waals surface area contributed by atoms with E-state index in [0.29, 0.717) is 42.1 Å². The molecule has 1 aromatic rings. The lowest BCUT2D eigenvalue weighted by Crippen LogP contribution is -2.53. The molecule has 6 nitrogen and oxygen atoms in total. The van der Waals surface area contributed by atoms with Crippen molar-refractivity contribution in [2.45, 2.75) is 32.3 Å². The molecule has 7 heteroatoms. The van der Waals surface area contributed by atoms with Crippen LogP contribution < -0.4 is 4.90 Å². The lowest BCUT2D eigenvalue weighted by molar-refractivity contribution is -0.151. The molecule has 1 spiro atoms. The van der Waals surface area contributed by atoms with Gasteiger partial charge in [0.2, 0.25) is 0 Å². The Morgan fingerprint density at radius 1 is 1.14 bits per heavy atom. The van der Waals surface area contributed by atoms with Crippen LogP contribution in [0.15, 0.2) is 35.4 Å². The fraction of sp³-hybridized carbons (Fsp3) is 0.545. The van der Waals surface area contributed by atoms with Crippen molar-refractivity contribution in [2.24, 2.45) is 0 Å². The van der Waals surface area contributed by atoms with Gasteiger partial charge in [0.1, 0.15) is 5.60 Å². The number of carbonyl (C=O) groups excluding carboxylic acids is 2. The van der Waals surface area contributed by atoms with Crippen molar-refractivity contribution in [2.75, 3.05) is 50.7 Å². The lowest BCUT2D eigenvalue weighted by atomic mass is 9.82. The van der Waals surface area contributed by atoms with Gasteiger partial charge in [-0.3, -0.25) is 4.79 Å². The van der Waals surface area contributed by atoms with E-state index in [1.165, 1.54) is 0 Å². The van der Waals surface area contributed by atoms with E-state index in [1.807, 2.05) is 29.2 Å². The predicted octanol–water partition coefficient (Wildman–Crippen LogP) is 2.72. The summed E-state index contributed by atoms with van der Waals surface area (Å²) in [6.07, 6.45) is 1.38. The summed E-state index contributed by atoms with van der Waals surface area (Å²) in [5.74, 6) is -0.375. The maximum atomic E-state index is 13.5. The Balaban J connectivity index is 1.48. The first kappa shape index (κ1) is 20.2. The van der Waals surface area contributed by atoms with E-state index in [-0.39, 0.29) is 11.9 Å². The zero-order chi connectivity index (χ0) is 20.6. The zero-order valence-corrected chi connectivity index (χ0v) is 17.9. The molecule has 156 valence electrons. The maximum absolute atomic E-state index is 13.5. The smallest absolute Gasteiger partial charge is 0.335 e. The fourth-order valence-electron chi connectivity index (χ4n) is 4.69. The van der Waals surface area contributed by atoms with Crippen LogP contribution in [0.4, 0.5) is 5.69 Å². The van der Waals surface area contributed by atoms with Crippen molar-refractivity contribution in [3.05, 3.63) is 40.4 Å². The van der Waals surface area contributed by atoms with E-state index in [9.17, 15) is 9.59 Å². The largest absolute Gasteiger partial charge is 0.450 e. The Kier molecular flexibility index (Phi) is 5.58. The third-order valence-corrected chi connectivity index (χ3v) is 6.73. The SMILES string of the molecule is CCN1CCC2(CC1)OC(=O)C(C)=C2C(=O)N1CCN(c2cccc(Cl)c2)CC1.